The van der Waals surface area contributed by atoms with E-state index in [1.165, 1.54) is 0 Å². The standard InChI is InChI=1S/C24H29NO4.C6H12Cl3N.2ClH/c1-5-26-21-10-9-17(14-22(21)27-6-2)13-20-19-16-24(29-8-4)23(28-7-3)15-18(19)11-12-25-20;7-1-4-10(5-2-8)6-3-9;;/h9-12,14-16H,5-8,13H2,1-4H3;1-6H2;2*1H. The lowest BCUT2D eigenvalue weighted by Gasteiger charge is -2.17. The van der Waals surface area contributed by atoms with E-state index in [1.807, 2.05) is 64.2 Å². The maximum Gasteiger partial charge on any atom is 0.161 e. The molecule has 0 fully saturated rings. The summed E-state index contributed by atoms with van der Waals surface area (Å²) in [5, 5.41) is 2.14. The second-order valence-electron chi connectivity index (χ2n) is 8.38. The molecule has 0 N–H and O–H groups in total. The van der Waals surface area contributed by atoms with E-state index in [2.05, 4.69) is 16.0 Å². The molecule has 0 radical (unpaired) electrons. The van der Waals surface area contributed by atoms with E-state index in [0.29, 0.717) is 50.5 Å². The smallest absolute Gasteiger partial charge is 0.161 e. The Labute approximate surface area is 272 Å². The van der Waals surface area contributed by atoms with Crippen LogP contribution < -0.4 is 18.9 Å². The minimum absolute atomic E-state index is 0. The monoisotopic (exact) mass is 670 g/mol. The van der Waals surface area contributed by atoms with E-state index in [9.17, 15) is 0 Å². The van der Waals surface area contributed by atoms with E-state index in [1.54, 1.807) is 0 Å². The van der Waals surface area contributed by atoms with Crippen LogP contribution in [0.4, 0.5) is 0 Å². The maximum absolute atomic E-state index is 5.81. The molecule has 0 aliphatic carbocycles. The molecule has 0 unspecified atom stereocenters. The topological polar surface area (TPSA) is 53.1 Å². The largest absolute Gasteiger partial charge is 0.490 e. The molecule has 0 aliphatic rings. The second-order valence-corrected chi connectivity index (χ2v) is 9.51. The van der Waals surface area contributed by atoms with Crippen LogP contribution in [-0.4, -0.2) is 73.6 Å². The highest BCUT2D eigenvalue weighted by Gasteiger charge is 2.13. The van der Waals surface area contributed by atoms with Crippen LogP contribution in [0.2, 0.25) is 0 Å². The summed E-state index contributed by atoms with van der Waals surface area (Å²) in [5.41, 5.74) is 2.10. The van der Waals surface area contributed by atoms with E-state index in [-0.39, 0.29) is 24.8 Å². The lowest BCUT2D eigenvalue weighted by atomic mass is 10.0. The van der Waals surface area contributed by atoms with Gasteiger partial charge < -0.3 is 18.9 Å². The van der Waals surface area contributed by atoms with Crippen molar-refractivity contribution in [3.05, 3.63) is 53.9 Å². The molecule has 41 heavy (non-hydrogen) atoms. The molecule has 0 saturated carbocycles. The summed E-state index contributed by atoms with van der Waals surface area (Å²) in [7, 11) is 0. The first-order valence-corrected chi connectivity index (χ1v) is 15.1. The van der Waals surface area contributed by atoms with Gasteiger partial charge in [0.05, 0.1) is 32.1 Å². The van der Waals surface area contributed by atoms with Crippen molar-refractivity contribution >= 4 is 70.4 Å². The molecule has 0 aliphatic heterocycles. The van der Waals surface area contributed by atoms with Crippen molar-refractivity contribution in [1.29, 1.82) is 0 Å². The molecule has 0 spiro atoms. The predicted octanol–water partition coefficient (Wildman–Crippen LogP) is 8.27. The molecule has 11 heteroatoms. The molecule has 3 aromatic rings. The van der Waals surface area contributed by atoms with E-state index in [4.69, 9.17) is 53.8 Å². The molecule has 3 rings (SSSR count). The van der Waals surface area contributed by atoms with Crippen molar-refractivity contribution in [3.8, 4) is 23.0 Å². The molecule has 6 nitrogen and oxygen atoms in total. The van der Waals surface area contributed by atoms with Crippen LogP contribution in [0.15, 0.2) is 42.6 Å². The minimum atomic E-state index is 0. The van der Waals surface area contributed by atoms with Crippen molar-refractivity contribution < 1.29 is 18.9 Å². The van der Waals surface area contributed by atoms with Crippen molar-refractivity contribution in [2.24, 2.45) is 0 Å². The van der Waals surface area contributed by atoms with Gasteiger partial charge in [-0.05, 0) is 69.0 Å². The van der Waals surface area contributed by atoms with Gasteiger partial charge in [-0.2, -0.15) is 0 Å². The van der Waals surface area contributed by atoms with E-state index < -0.39 is 0 Å². The van der Waals surface area contributed by atoms with Crippen LogP contribution in [0.25, 0.3) is 10.8 Å². The zero-order valence-electron chi connectivity index (χ0n) is 24.3. The summed E-state index contributed by atoms with van der Waals surface area (Å²) < 4.78 is 23.0. The van der Waals surface area contributed by atoms with Crippen LogP contribution >= 0.6 is 59.6 Å². The van der Waals surface area contributed by atoms with Crippen LogP contribution in [0.3, 0.4) is 0 Å². The third-order valence-electron chi connectivity index (χ3n) is 5.69. The first-order valence-electron chi connectivity index (χ1n) is 13.5. The molecule has 232 valence electrons. The van der Waals surface area contributed by atoms with Gasteiger partial charge in [-0.3, -0.25) is 9.88 Å². The van der Waals surface area contributed by atoms with Crippen LogP contribution in [0.1, 0.15) is 39.0 Å². The lowest BCUT2D eigenvalue weighted by molar-refractivity contribution is 0.287. The highest BCUT2D eigenvalue weighted by molar-refractivity contribution is 6.18. The first-order chi connectivity index (χ1) is 19.0. The van der Waals surface area contributed by atoms with Gasteiger partial charge in [-0.1, -0.05) is 6.07 Å². The fraction of sp³-hybridized carbons (Fsp3) is 0.500. The van der Waals surface area contributed by atoms with Gasteiger partial charge in [0.2, 0.25) is 0 Å². The predicted molar refractivity (Wildman–Crippen MR) is 179 cm³/mol. The number of ether oxygens (including phenoxy) is 4. The third-order valence-corrected chi connectivity index (χ3v) is 6.20. The summed E-state index contributed by atoms with van der Waals surface area (Å²) in [6.45, 7) is 12.9. The number of hydrogen-bond acceptors (Lipinski definition) is 6. The molecule has 1 aromatic heterocycles. The normalized spacial score (nSPS) is 10.2. The SMILES string of the molecule is CCOc1ccc(Cc2nccc3cc(OCC)c(OCC)cc23)cc1OCC.Cl.Cl.ClCCN(CCCl)CCCl. The van der Waals surface area contributed by atoms with Crippen LogP contribution in [0, 0.1) is 0 Å². The van der Waals surface area contributed by atoms with Crippen molar-refractivity contribution in [2.45, 2.75) is 34.1 Å². The molecule has 0 atom stereocenters. The molecule has 2 aromatic carbocycles. The van der Waals surface area contributed by atoms with Gasteiger partial charge in [0.25, 0.3) is 0 Å². The van der Waals surface area contributed by atoms with Crippen LogP contribution in [0.5, 0.6) is 23.0 Å². The molecular weight excluding hydrogens is 630 g/mol. The lowest BCUT2D eigenvalue weighted by Crippen LogP contribution is -2.29. The fourth-order valence-corrected chi connectivity index (χ4v) is 4.73. The Kier molecular flexibility index (Phi) is 22.1. The Morgan fingerprint density at radius 2 is 1.12 bits per heavy atom. The van der Waals surface area contributed by atoms with Gasteiger partial charge in [0.1, 0.15) is 0 Å². The highest BCUT2D eigenvalue weighted by atomic mass is 35.5. The molecule has 0 saturated heterocycles. The molecule has 1 heterocycles. The number of nitrogens with zero attached hydrogens (tertiary/aromatic N) is 2. The number of fused-ring (bicyclic) bond motifs is 1. The van der Waals surface area contributed by atoms with Gasteiger partial charge in [0.15, 0.2) is 23.0 Å². The Hall–Kier alpha value is -1.54. The van der Waals surface area contributed by atoms with Crippen molar-refractivity contribution in [1.82, 2.24) is 9.88 Å². The van der Waals surface area contributed by atoms with E-state index >= 15 is 0 Å². The average molecular weight is 673 g/mol. The number of alkyl halides is 3. The highest BCUT2D eigenvalue weighted by Crippen LogP contribution is 2.35. The van der Waals surface area contributed by atoms with Crippen LogP contribution in [-0.2, 0) is 6.42 Å². The molecule has 0 bridgehead atoms. The second kappa shape index (κ2) is 23.0. The zero-order chi connectivity index (χ0) is 28.5. The third kappa shape index (κ3) is 13.1. The Morgan fingerprint density at radius 1 is 0.634 bits per heavy atom. The Morgan fingerprint density at radius 3 is 1.63 bits per heavy atom. The van der Waals surface area contributed by atoms with Gasteiger partial charge >= 0.3 is 0 Å². The zero-order valence-corrected chi connectivity index (χ0v) is 28.2. The summed E-state index contributed by atoms with van der Waals surface area (Å²) in [6, 6.07) is 12.1. The maximum atomic E-state index is 5.81. The Balaban J connectivity index is 0.00000115. The number of rotatable bonds is 16. The van der Waals surface area contributed by atoms with Gasteiger partial charge in [-0.15, -0.1) is 59.6 Å². The molecular formula is C30H43Cl5N2O4. The Bertz CT molecular complexity index is 1110. The quantitative estimate of drug-likeness (QED) is 0.143. The van der Waals surface area contributed by atoms with Gasteiger partial charge in [-0.25, -0.2) is 0 Å². The van der Waals surface area contributed by atoms with Gasteiger partial charge in [0, 0.05) is 55.3 Å². The summed E-state index contributed by atoms with van der Waals surface area (Å²) in [5.74, 6) is 4.98. The number of aromatic nitrogens is 1. The summed E-state index contributed by atoms with van der Waals surface area (Å²) in [6.07, 6.45) is 2.52. The molecule has 0 amide bonds. The number of benzene rings is 2. The van der Waals surface area contributed by atoms with Crippen molar-refractivity contribution in [2.75, 3.05) is 63.7 Å². The fourth-order valence-electron chi connectivity index (χ4n) is 4.01. The minimum Gasteiger partial charge on any atom is -0.490 e. The van der Waals surface area contributed by atoms with Crippen molar-refractivity contribution in [3.63, 3.8) is 0 Å². The summed E-state index contributed by atoms with van der Waals surface area (Å²) in [4.78, 5) is 6.79. The average Bonchev–Trinajstić information content (AvgIpc) is 2.92. The number of hydrogen-bond donors (Lipinski definition) is 0. The van der Waals surface area contributed by atoms with E-state index in [0.717, 1.165) is 64.7 Å². The summed E-state index contributed by atoms with van der Waals surface area (Å²) >= 11 is 16.6. The first kappa shape index (κ1) is 39.5. The number of halogens is 5. The number of pyridine rings is 1.